The Morgan fingerprint density at radius 3 is 2.90 bits per heavy atom. The molecule has 1 aliphatic rings. The van der Waals surface area contributed by atoms with Gasteiger partial charge in [-0.15, -0.1) is 0 Å². The lowest BCUT2D eigenvalue weighted by Crippen LogP contribution is -2.26. The number of thiazole rings is 1. The van der Waals surface area contributed by atoms with Gasteiger partial charge in [0.2, 0.25) is 6.79 Å². The second kappa shape index (κ2) is 5.91. The summed E-state index contributed by atoms with van der Waals surface area (Å²) in [5, 5.41) is 1.90. The molecule has 21 heavy (non-hydrogen) atoms. The lowest BCUT2D eigenvalue weighted by molar-refractivity contribution is 0.174. The van der Waals surface area contributed by atoms with E-state index >= 15 is 0 Å². The van der Waals surface area contributed by atoms with Crippen LogP contribution in [0.4, 0.5) is 0 Å². The van der Waals surface area contributed by atoms with E-state index in [-0.39, 0.29) is 4.87 Å². The number of ether oxygens (including phenoxy) is 2. The van der Waals surface area contributed by atoms with E-state index in [1.165, 1.54) is 16.9 Å². The van der Waals surface area contributed by atoms with Crippen molar-refractivity contribution in [2.24, 2.45) is 0 Å². The fourth-order valence-electron chi connectivity index (χ4n) is 2.38. The van der Waals surface area contributed by atoms with E-state index in [0.717, 1.165) is 36.8 Å². The van der Waals surface area contributed by atoms with Gasteiger partial charge in [-0.1, -0.05) is 17.4 Å². The van der Waals surface area contributed by atoms with Crippen LogP contribution >= 0.6 is 11.3 Å². The van der Waals surface area contributed by atoms with Gasteiger partial charge in [-0.25, -0.2) is 0 Å². The lowest BCUT2D eigenvalue weighted by Gasteiger charge is -2.17. The largest absolute Gasteiger partial charge is 0.454 e. The molecular formula is C15H18N2O3S. The average Bonchev–Trinajstić information content (AvgIpc) is 3.04. The molecule has 0 radical (unpaired) electrons. The zero-order valence-electron chi connectivity index (χ0n) is 12.2. The Morgan fingerprint density at radius 2 is 2.14 bits per heavy atom. The predicted octanol–water partition coefficient (Wildman–Crippen LogP) is 2.08. The van der Waals surface area contributed by atoms with Crippen molar-refractivity contribution in [3.8, 4) is 11.5 Å². The SMILES string of the molecule is Cc1csc(=O)n1CCN(C)Cc1ccc2c(c1)OCO2. The Labute approximate surface area is 127 Å². The monoisotopic (exact) mass is 306 g/mol. The van der Waals surface area contributed by atoms with E-state index in [1.807, 2.05) is 35.1 Å². The second-order valence-corrected chi connectivity index (χ2v) is 6.04. The molecule has 0 N–H and O–H groups in total. The van der Waals surface area contributed by atoms with Crippen molar-refractivity contribution < 1.29 is 9.47 Å². The van der Waals surface area contributed by atoms with Crippen molar-refractivity contribution >= 4 is 11.3 Å². The molecule has 0 aliphatic carbocycles. The summed E-state index contributed by atoms with van der Waals surface area (Å²) in [4.78, 5) is 14.0. The third-order valence-corrected chi connectivity index (χ3v) is 4.45. The summed E-state index contributed by atoms with van der Waals surface area (Å²) < 4.78 is 12.5. The van der Waals surface area contributed by atoms with Gasteiger partial charge in [-0.05, 0) is 31.7 Å². The minimum absolute atomic E-state index is 0.115. The van der Waals surface area contributed by atoms with E-state index in [1.54, 1.807) is 0 Å². The number of aromatic nitrogens is 1. The van der Waals surface area contributed by atoms with Gasteiger partial charge < -0.3 is 18.9 Å². The van der Waals surface area contributed by atoms with Crippen LogP contribution in [0, 0.1) is 6.92 Å². The number of hydrogen-bond acceptors (Lipinski definition) is 5. The zero-order chi connectivity index (χ0) is 14.8. The highest BCUT2D eigenvalue weighted by Gasteiger charge is 2.13. The average molecular weight is 306 g/mol. The van der Waals surface area contributed by atoms with Crippen LogP contribution in [-0.2, 0) is 13.1 Å². The molecule has 0 saturated carbocycles. The molecule has 1 aromatic heterocycles. The molecule has 0 amide bonds. The Kier molecular flexibility index (Phi) is 3.98. The van der Waals surface area contributed by atoms with Crippen LogP contribution in [0.2, 0.25) is 0 Å². The molecular weight excluding hydrogens is 288 g/mol. The number of rotatable bonds is 5. The summed E-state index contributed by atoms with van der Waals surface area (Å²) in [6.45, 7) is 4.63. The van der Waals surface area contributed by atoms with Crippen LogP contribution in [-0.4, -0.2) is 29.9 Å². The summed E-state index contributed by atoms with van der Waals surface area (Å²) >= 11 is 1.26. The molecule has 1 aromatic carbocycles. The fraction of sp³-hybridized carbons (Fsp3) is 0.400. The first-order chi connectivity index (χ1) is 10.1. The van der Waals surface area contributed by atoms with Gasteiger partial charge in [-0.3, -0.25) is 4.79 Å². The van der Waals surface area contributed by atoms with E-state index in [4.69, 9.17) is 9.47 Å². The van der Waals surface area contributed by atoms with Crippen molar-refractivity contribution in [3.63, 3.8) is 0 Å². The summed E-state index contributed by atoms with van der Waals surface area (Å²) in [5.74, 6) is 1.62. The van der Waals surface area contributed by atoms with Gasteiger partial charge in [0.05, 0.1) is 0 Å². The molecule has 1 aliphatic heterocycles. The van der Waals surface area contributed by atoms with Gasteiger partial charge in [0.1, 0.15) is 0 Å². The van der Waals surface area contributed by atoms with Crippen molar-refractivity contribution in [2.45, 2.75) is 20.0 Å². The Bertz CT molecular complexity index is 692. The van der Waals surface area contributed by atoms with Gasteiger partial charge in [-0.2, -0.15) is 0 Å². The third-order valence-electron chi connectivity index (χ3n) is 3.57. The molecule has 5 nitrogen and oxygen atoms in total. The first-order valence-corrected chi connectivity index (χ1v) is 7.73. The second-order valence-electron chi connectivity index (χ2n) is 5.22. The maximum Gasteiger partial charge on any atom is 0.307 e. The number of likely N-dealkylation sites (N-methyl/N-ethyl adjacent to an activating group) is 1. The van der Waals surface area contributed by atoms with Crippen LogP contribution < -0.4 is 14.3 Å². The molecule has 0 saturated heterocycles. The standard InChI is InChI=1S/C15H18N2O3S/c1-11-9-21-15(18)17(11)6-5-16(2)8-12-3-4-13-14(7-12)20-10-19-13/h3-4,7,9H,5-6,8,10H2,1-2H3. The summed E-state index contributed by atoms with van der Waals surface area (Å²) in [6, 6.07) is 6.01. The van der Waals surface area contributed by atoms with Crippen molar-refractivity contribution in [3.05, 3.63) is 44.5 Å². The summed E-state index contributed by atoms with van der Waals surface area (Å²) in [7, 11) is 2.05. The minimum atomic E-state index is 0.115. The molecule has 0 unspecified atom stereocenters. The highest BCUT2D eigenvalue weighted by atomic mass is 32.1. The fourth-order valence-corrected chi connectivity index (χ4v) is 3.14. The molecule has 3 rings (SSSR count). The smallest absolute Gasteiger partial charge is 0.307 e. The molecule has 112 valence electrons. The lowest BCUT2D eigenvalue weighted by atomic mass is 10.2. The van der Waals surface area contributed by atoms with Crippen molar-refractivity contribution in [2.75, 3.05) is 20.4 Å². The molecule has 0 spiro atoms. The maximum atomic E-state index is 11.7. The highest BCUT2D eigenvalue weighted by molar-refractivity contribution is 7.07. The molecule has 0 fully saturated rings. The van der Waals surface area contributed by atoms with Crippen LogP contribution in [0.1, 0.15) is 11.3 Å². The third kappa shape index (κ3) is 3.11. The molecule has 0 bridgehead atoms. The molecule has 6 heteroatoms. The van der Waals surface area contributed by atoms with Crippen LogP contribution in [0.5, 0.6) is 11.5 Å². The van der Waals surface area contributed by atoms with Crippen molar-refractivity contribution in [1.82, 2.24) is 9.47 Å². The topological polar surface area (TPSA) is 43.7 Å². The number of fused-ring (bicyclic) bond motifs is 1. The Morgan fingerprint density at radius 1 is 1.33 bits per heavy atom. The number of nitrogens with zero attached hydrogens (tertiary/aromatic N) is 2. The van der Waals surface area contributed by atoms with Crippen molar-refractivity contribution in [1.29, 1.82) is 0 Å². The molecule has 0 atom stereocenters. The van der Waals surface area contributed by atoms with Gasteiger partial charge >= 0.3 is 4.87 Å². The van der Waals surface area contributed by atoms with Gasteiger partial charge in [0.15, 0.2) is 11.5 Å². The van der Waals surface area contributed by atoms with Crippen LogP contribution in [0.3, 0.4) is 0 Å². The number of benzene rings is 1. The maximum absolute atomic E-state index is 11.7. The predicted molar refractivity (Wildman–Crippen MR) is 82.2 cm³/mol. The highest BCUT2D eigenvalue weighted by Crippen LogP contribution is 2.32. The summed E-state index contributed by atoms with van der Waals surface area (Å²) in [6.07, 6.45) is 0. The van der Waals surface area contributed by atoms with E-state index in [0.29, 0.717) is 6.79 Å². The van der Waals surface area contributed by atoms with E-state index in [2.05, 4.69) is 11.9 Å². The molecule has 2 heterocycles. The first kappa shape index (κ1) is 14.2. The first-order valence-electron chi connectivity index (χ1n) is 6.85. The summed E-state index contributed by atoms with van der Waals surface area (Å²) in [5.41, 5.74) is 2.21. The van der Waals surface area contributed by atoms with Gasteiger partial charge in [0.25, 0.3) is 0 Å². The van der Waals surface area contributed by atoms with E-state index in [9.17, 15) is 4.79 Å². The Balaban J connectivity index is 1.59. The normalized spacial score (nSPS) is 13.1. The molecule has 2 aromatic rings. The minimum Gasteiger partial charge on any atom is -0.454 e. The Hall–Kier alpha value is -1.79. The van der Waals surface area contributed by atoms with Gasteiger partial charge in [0, 0.05) is 30.7 Å². The van der Waals surface area contributed by atoms with Crippen LogP contribution in [0.25, 0.3) is 0 Å². The van der Waals surface area contributed by atoms with E-state index < -0.39 is 0 Å². The number of hydrogen-bond donors (Lipinski definition) is 0. The zero-order valence-corrected chi connectivity index (χ0v) is 13.0. The number of aryl methyl sites for hydroxylation is 1. The van der Waals surface area contributed by atoms with Crippen LogP contribution in [0.15, 0.2) is 28.4 Å². The quantitative estimate of drug-likeness (QED) is 0.848.